The molecule has 0 spiro atoms. The minimum absolute atomic E-state index is 0.149. The second-order valence-corrected chi connectivity index (χ2v) is 11.7. The van der Waals surface area contributed by atoms with Crippen molar-refractivity contribution in [3.8, 4) is 0 Å². The van der Waals surface area contributed by atoms with Crippen LogP contribution in [0.2, 0.25) is 0 Å². The Balaban J connectivity index is 1.36. The van der Waals surface area contributed by atoms with Crippen molar-refractivity contribution in [2.24, 2.45) is 10.1 Å². The molecule has 3 aliphatic rings. The topological polar surface area (TPSA) is 79.9 Å². The second kappa shape index (κ2) is 9.84. The molecule has 3 atom stereocenters. The number of hydrogen-bond acceptors (Lipinski definition) is 7. The maximum Gasteiger partial charge on any atom is 0.228 e. The molecule has 0 saturated carbocycles. The molecule has 3 aromatic rings. The third-order valence-electron chi connectivity index (χ3n) is 7.23. The van der Waals surface area contributed by atoms with Crippen molar-refractivity contribution in [3.63, 3.8) is 0 Å². The Labute approximate surface area is 209 Å². The zero-order valence-electron chi connectivity index (χ0n) is 20.4. The summed E-state index contributed by atoms with van der Waals surface area (Å²) in [6.45, 7) is 7.25. The van der Waals surface area contributed by atoms with Crippen LogP contribution < -0.4 is 15.5 Å². The summed E-state index contributed by atoms with van der Waals surface area (Å²) < 4.78 is 11.0. The lowest BCUT2D eigenvalue weighted by atomic mass is 10.1. The lowest BCUT2D eigenvalue weighted by Crippen LogP contribution is -2.30. The van der Waals surface area contributed by atoms with Crippen LogP contribution in [0, 0.1) is 6.92 Å². The van der Waals surface area contributed by atoms with Crippen molar-refractivity contribution in [1.82, 2.24) is 9.97 Å². The van der Waals surface area contributed by atoms with Crippen LogP contribution in [-0.2, 0) is 22.0 Å². The summed E-state index contributed by atoms with van der Waals surface area (Å²) in [5.74, 6) is 2.79. The summed E-state index contributed by atoms with van der Waals surface area (Å²) in [4.78, 5) is 16.3. The lowest BCUT2D eigenvalue weighted by Gasteiger charge is -2.25. The summed E-state index contributed by atoms with van der Waals surface area (Å²) in [7, 11) is -0.149. The van der Waals surface area contributed by atoms with Crippen LogP contribution in [0.15, 0.2) is 51.7 Å². The van der Waals surface area contributed by atoms with E-state index in [4.69, 9.17) is 24.8 Å². The predicted molar refractivity (Wildman–Crippen MR) is 143 cm³/mol. The van der Waals surface area contributed by atoms with Crippen LogP contribution in [0.3, 0.4) is 0 Å². The summed E-state index contributed by atoms with van der Waals surface area (Å²) in [5.41, 5.74) is 9.80. The highest BCUT2D eigenvalue weighted by Gasteiger charge is 2.26. The molecule has 2 saturated heterocycles. The van der Waals surface area contributed by atoms with Crippen LogP contribution in [0.1, 0.15) is 30.4 Å². The lowest BCUT2D eigenvalue weighted by molar-refractivity contribution is 0.118. The highest BCUT2D eigenvalue weighted by Crippen LogP contribution is 2.31. The van der Waals surface area contributed by atoms with Crippen molar-refractivity contribution in [2.75, 3.05) is 48.3 Å². The van der Waals surface area contributed by atoms with Crippen molar-refractivity contribution in [2.45, 2.75) is 49.8 Å². The molecular formula is C27H34N6OS. The first-order chi connectivity index (χ1) is 17.1. The van der Waals surface area contributed by atoms with Crippen molar-refractivity contribution in [3.05, 3.63) is 53.6 Å². The summed E-state index contributed by atoms with van der Waals surface area (Å²) >= 11 is 0. The van der Waals surface area contributed by atoms with Gasteiger partial charge in [-0.05, 0) is 49.9 Å². The van der Waals surface area contributed by atoms with Gasteiger partial charge in [0.05, 0.1) is 18.2 Å². The van der Waals surface area contributed by atoms with Gasteiger partial charge in [0.2, 0.25) is 5.95 Å². The third kappa shape index (κ3) is 4.79. The van der Waals surface area contributed by atoms with Crippen LogP contribution in [0.5, 0.6) is 0 Å². The Morgan fingerprint density at radius 1 is 1.11 bits per heavy atom. The minimum Gasteiger partial charge on any atom is -0.376 e. The van der Waals surface area contributed by atoms with Crippen LogP contribution in [0.4, 0.5) is 11.8 Å². The molecule has 0 amide bonds. The molecule has 6 rings (SSSR count). The van der Waals surface area contributed by atoms with Gasteiger partial charge in [0.15, 0.2) is 0 Å². The van der Waals surface area contributed by atoms with Crippen LogP contribution >= 0.6 is 0 Å². The van der Waals surface area contributed by atoms with E-state index in [-0.39, 0.29) is 22.8 Å². The van der Waals surface area contributed by atoms with E-state index in [1.165, 1.54) is 16.0 Å². The average molecular weight is 491 g/mol. The summed E-state index contributed by atoms with van der Waals surface area (Å²) in [5, 5.41) is 1.12. The van der Waals surface area contributed by atoms with Gasteiger partial charge in [-0.3, -0.25) is 4.36 Å². The number of rotatable bonds is 4. The van der Waals surface area contributed by atoms with Crippen LogP contribution in [-0.4, -0.2) is 60.7 Å². The maximum atomic E-state index is 6.27. The van der Waals surface area contributed by atoms with Gasteiger partial charge in [0.1, 0.15) is 5.82 Å². The zero-order chi connectivity index (χ0) is 23.8. The number of nitrogens with two attached hydrogens (primary N) is 1. The Morgan fingerprint density at radius 2 is 2.03 bits per heavy atom. The first-order valence-corrected chi connectivity index (χ1v) is 14.1. The first-order valence-electron chi connectivity index (χ1n) is 12.8. The number of benzene rings is 2. The third-order valence-corrected chi connectivity index (χ3v) is 9.16. The first kappa shape index (κ1) is 22.9. The molecule has 2 fully saturated rings. The molecule has 0 radical (unpaired) electrons. The van der Waals surface area contributed by atoms with E-state index < -0.39 is 0 Å². The summed E-state index contributed by atoms with van der Waals surface area (Å²) in [6, 6.07) is 15.4. The van der Waals surface area contributed by atoms with Gasteiger partial charge in [0.25, 0.3) is 0 Å². The summed E-state index contributed by atoms with van der Waals surface area (Å²) in [6.07, 6.45) is 3.57. The van der Waals surface area contributed by atoms with Crippen molar-refractivity contribution in [1.29, 1.82) is 0 Å². The Bertz CT molecular complexity index is 1260. The van der Waals surface area contributed by atoms with Gasteiger partial charge in [-0.1, -0.05) is 40.5 Å². The number of ether oxygens (including phenoxy) is 1. The number of hydrogen-bond donors (Lipinski definition) is 1. The van der Waals surface area contributed by atoms with Gasteiger partial charge >= 0.3 is 0 Å². The van der Waals surface area contributed by atoms with E-state index in [0.29, 0.717) is 0 Å². The highest BCUT2D eigenvalue weighted by atomic mass is 32.2. The standard InChI is InChI=1S/C27H34N6OS/c1-19-8-9-24-23(15-19)26(32-11-10-21(28)18-32)31-27(30-24)33-12-14-35(29-16-22-6-4-13-34-22)25-7-3-2-5-20(25)17-33/h2-3,5,7-9,15,21-22H,4,6,10-14,16-18,28H2,1H3/t21-,22?,35?/m0/s1. The molecule has 4 heterocycles. The molecule has 2 N–H and O–H groups in total. The molecular weight excluding hydrogens is 456 g/mol. The fourth-order valence-corrected chi connectivity index (χ4v) is 7.20. The molecule has 0 aliphatic carbocycles. The fourth-order valence-electron chi connectivity index (χ4n) is 5.30. The van der Waals surface area contributed by atoms with Gasteiger partial charge in [-0.15, -0.1) is 0 Å². The van der Waals surface area contributed by atoms with E-state index >= 15 is 0 Å². The number of nitrogens with zero attached hydrogens (tertiary/aromatic N) is 5. The molecule has 0 bridgehead atoms. The molecule has 184 valence electrons. The van der Waals surface area contributed by atoms with Gasteiger partial charge in [-0.2, -0.15) is 4.98 Å². The molecule has 2 aromatic carbocycles. The van der Waals surface area contributed by atoms with Crippen molar-refractivity contribution < 1.29 is 4.74 Å². The fraction of sp³-hybridized carbons (Fsp3) is 0.481. The van der Waals surface area contributed by atoms with Crippen LogP contribution in [0.25, 0.3) is 10.9 Å². The van der Waals surface area contributed by atoms with E-state index in [1.807, 2.05) is 0 Å². The number of aromatic nitrogens is 2. The minimum atomic E-state index is -0.149. The zero-order valence-corrected chi connectivity index (χ0v) is 21.2. The van der Waals surface area contributed by atoms with Gasteiger partial charge < -0.3 is 20.3 Å². The maximum absolute atomic E-state index is 6.27. The molecule has 3 aliphatic heterocycles. The van der Waals surface area contributed by atoms with E-state index in [0.717, 1.165) is 87.0 Å². The van der Waals surface area contributed by atoms with E-state index in [1.54, 1.807) is 0 Å². The molecule has 8 heteroatoms. The highest BCUT2D eigenvalue weighted by molar-refractivity contribution is 7.87. The monoisotopic (exact) mass is 490 g/mol. The number of aryl methyl sites for hydroxylation is 1. The van der Waals surface area contributed by atoms with Gasteiger partial charge in [-0.25, -0.2) is 4.98 Å². The Kier molecular flexibility index (Phi) is 6.43. The smallest absolute Gasteiger partial charge is 0.228 e. The SMILES string of the molecule is Cc1ccc2nc(N3CCS(=NCC4CCCO4)c4ccccc4C3)nc(N3CC[C@H](N)C3)c2c1. The largest absolute Gasteiger partial charge is 0.376 e. The Hall–Kier alpha value is -2.55. The Morgan fingerprint density at radius 3 is 2.86 bits per heavy atom. The second-order valence-electron chi connectivity index (χ2n) is 9.91. The average Bonchev–Trinajstić information content (AvgIpc) is 3.51. The van der Waals surface area contributed by atoms with E-state index in [9.17, 15) is 0 Å². The molecule has 1 aromatic heterocycles. The number of anilines is 2. The van der Waals surface area contributed by atoms with Gasteiger partial charge in [0, 0.05) is 54.9 Å². The quantitative estimate of drug-likeness (QED) is 0.599. The van der Waals surface area contributed by atoms with Crippen molar-refractivity contribution >= 4 is 33.4 Å². The molecule has 2 unspecified atom stereocenters. The molecule has 7 nitrogen and oxygen atoms in total. The van der Waals surface area contributed by atoms with E-state index in [2.05, 4.69) is 59.2 Å². The molecule has 35 heavy (non-hydrogen) atoms. The predicted octanol–water partition coefficient (Wildman–Crippen LogP) is 3.84. The normalized spacial score (nSPS) is 24.8. The number of fused-ring (bicyclic) bond motifs is 2.